The van der Waals surface area contributed by atoms with E-state index in [0.29, 0.717) is 0 Å². The minimum absolute atomic E-state index is 0.0549. The van der Waals surface area contributed by atoms with Crippen LogP contribution in [-0.2, 0) is 0 Å². The number of nitrogens with two attached hydrogens (primary N) is 1. The van der Waals surface area contributed by atoms with E-state index < -0.39 is 11.0 Å². The van der Waals surface area contributed by atoms with Crippen molar-refractivity contribution in [1.82, 2.24) is 4.98 Å². The number of nitrogens with zero attached hydrogens (tertiary/aromatic N) is 2. The van der Waals surface area contributed by atoms with Crippen LogP contribution < -0.4 is 11.1 Å². The molecule has 19 heavy (non-hydrogen) atoms. The predicted molar refractivity (Wildman–Crippen MR) is 73.1 cm³/mol. The van der Waals surface area contributed by atoms with Gasteiger partial charge in [0.2, 0.25) is 5.82 Å². The Morgan fingerprint density at radius 3 is 2.95 bits per heavy atom. The van der Waals surface area contributed by atoms with Crippen LogP contribution in [0.1, 0.15) is 11.7 Å². The number of hydrogen-bond donors (Lipinski definition) is 3. The molecule has 0 aromatic carbocycles. The second-order valence-electron chi connectivity index (χ2n) is 3.81. The predicted octanol–water partition coefficient (Wildman–Crippen LogP) is 1.78. The monoisotopic (exact) mass is 280 g/mol. The number of aliphatic hydroxyl groups excluding tert-OH is 1. The summed E-state index contributed by atoms with van der Waals surface area (Å²) in [7, 11) is 0. The topological polar surface area (TPSA) is 114 Å². The van der Waals surface area contributed by atoms with Crippen LogP contribution in [0.4, 0.5) is 17.3 Å². The van der Waals surface area contributed by atoms with Crippen molar-refractivity contribution in [2.45, 2.75) is 6.10 Å². The van der Waals surface area contributed by atoms with Crippen molar-refractivity contribution in [3.63, 3.8) is 0 Å². The van der Waals surface area contributed by atoms with Crippen LogP contribution in [0.2, 0.25) is 0 Å². The number of anilines is 2. The molecule has 0 spiro atoms. The van der Waals surface area contributed by atoms with Gasteiger partial charge < -0.3 is 16.2 Å². The number of thiophene rings is 1. The smallest absolute Gasteiger partial charge is 0.311 e. The number of aliphatic hydroxyl groups is 1. The molecule has 8 heteroatoms. The summed E-state index contributed by atoms with van der Waals surface area (Å²) in [5.41, 5.74) is 6.07. The van der Waals surface area contributed by atoms with E-state index in [1.807, 2.05) is 10.8 Å². The molecule has 1 unspecified atom stereocenters. The molecule has 0 saturated carbocycles. The highest BCUT2D eigenvalue weighted by atomic mass is 32.1. The lowest BCUT2D eigenvalue weighted by Crippen LogP contribution is -2.14. The first-order valence-electron chi connectivity index (χ1n) is 5.43. The van der Waals surface area contributed by atoms with Gasteiger partial charge in [-0.05, 0) is 28.5 Å². The van der Waals surface area contributed by atoms with Crippen LogP contribution in [0.15, 0.2) is 29.0 Å². The quantitative estimate of drug-likeness (QED) is 0.568. The molecule has 0 amide bonds. The summed E-state index contributed by atoms with van der Waals surface area (Å²) in [5.74, 6) is 0.234. The van der Waals surface area contributed by atoms with E-state index in [1.54, 1.807) is 6.07 Å². The van der Waals surface area contributed by atoms with E-state index in [4.69, 9.17) is 5.73 Å². The van der Waals surface area contributed by atoms with E-state index in [0.717, 1.165) is 5.56 Å². The molecule has 1 atom stereocenters. The molecule has 2 aromatic rings. The highest BCUT2D eigenvalue weighted by Crippen LogP contribution is 2.24. The fourth-order valence-corrected chi connectivity index (χ4v) is 2.23. The van der Waals surface area contributed by atoms with E-state index >= 15 is 0 Å². The average molecular weight is 280 g/mol. The van der Waals surface area contributed by atoms with Crippen molar-refractivity contribution in [3.8, 4) is 0 Å². The molecule has 0 radical (unpaired) electrons. The van der Waals surface area contributed by atoms with Gasteiger partial charge >= 0.3 is 5.69 Å². The van der Waals surface area contributed by atoms with Crippen LogP contribution in [-0.4, -0.2) is 21.6 Å². The zero-order valence-electron chi connectivity index (χ0n) is 9.81. The molecular formula is C11H12N4O3S. The largest absolute Gasteiger partial charge is 0.387 e. The fraction of sp³-hybridized carbons (Fsp3) is 0.182. The minimum atomic E-state index is -0.755. The number of nitrogens with one attached hydrogen (secondary N) is 1. The third-order valence-corrected chi connectivity index (χ3v) is 3.18. The van der Waals surface area contributed by atoms with E-state index in [9.17, 15) is 15.2 Å². The maximum absolute atomic E-state index is 10.8. The van der Waals surface area contributed by atoms with Gasteiger partial charge in [0.25, 0.3) is 0 Å². The lowest BCUT2D eigenvalue weighted by molar-refractivity contribution is -0.384. The van der Waals surface area contributed by atoms with Gasteiger partial charge in [-0.15, -0.1) is 0 Å². The summed E-state index contributed by atoms with van der Waals surface area (Å²) >= 11 is 1.47. The molecule has 7 nitrogen and oxygen atoms in total. The van der Waals surface area contributed by atoms with Crippen LogP contribution in [0.25, 0.3) is 0 Å². The number of nitrogen functional groups attached to an aromatic ring is 1. The Labute approximate surface area is 112 Å². The Morgan fingerprint density at radius 2 is 2.32 bits per heavy atom. The molecular weight excluding hydrogens is 268 g/mol. The molecule has 4 N–H and O–H groups in total. The first kappa shape index (κ1) is 13.2. The molecule has 2 rings (SSSR count). The van der Waals surface area contributed by atoms with E-state index in [1.165, 1.54) is 23.5 Å². The van der Waals surface area contributed by atoms with Gasteiger partial charge in [0, 0.05) is 12.6 Å². The van der Waals surface area contributed by atoms with Gasteiger partial charge in [-0.25, -0.2) is 4.98 Å². The number of hydrogen-bond acceptors (Lipinski definition) is 7. The third-order valence-electron chi connectivity index (χ3n) is 2.48. The maximum Gasteiger partial charge on any atom is 0.311 e. The second-order valence-corrected chi connectivity index (χ2v) is 4.59. The van der Waals surface area contributed by atoms with Crippen molar-refractivity contribution in [1.29, 1.82) is 0 Å². The van der Waals surface area contributed by atoms with Crippen LogP contribution >= 0.6 is 11.3 Å². The van der Waals surface area contributed by atoms with Crippen molar-refractivity contribution < 1.29 is 10.0 Å². The van der Waals surface area contributed by atoms with Crippen molar-refractivity contribution >= 4 is 28.7 Å². The van der Waals surface area contributed by atoms with Gasteiger partial charge in [-0.3, -0.25) is 10.1 Å². The molecule has 0 bridgehead atoms. The standard InChI is InChI=1S/C11H12N4O3S/c12-10-2-1-8(15(17)18)11(14-10)13-5-9(16)7-3-4-19-6-7/h1-4,6,9,16H,5H2,(H3,12,13,14). The molecule has 0 aliphatic rings. The Balaban J connectivity index is 2.10. The summed E-state index contributed by atoms with van der Waals surface area (Å²) in [5, 5.41) is 27.1. The highest BCUT2D eigenvalue weighted by Gasteiger charge is 2.17. The summed E-state index contributed by atoms with van der Waals surface area (Å²) < 4.78 is 0. The zero-order chi connectivity index (χ0) is 13.8. The number of rotatable bonds is 5. The lowest BCUT2D eigenvalue weighted by atomic mass is 10.2. The fourth-order valence-electron chi connectivity index (χ4n) is 1.52. The van der Waals surface area contributed by atoms with Crippen molar-refractivity contribution in [2.24, 2.45) is 0 Å². The second kappa shape index (κ2) is 5.63. The molecule has 0 saturated heterocycles. The summed E-state index contributed by atoms with van der Waals surface area (Å²) in [6.45, 7) is 0.119. The first-order chi connectivity index (χ1) is 9.08. The van der Waals surface area contributed by atoms with E-state index in [2.05, 4.69) is 10.3 Å². The summed E-state index contributed by atoms with van der Waals surface area (Å²) in [6.07, 6.45) is -0.755. The minimum Gasteiger partial charge on any atom is -0.387 e. The number of pyridine rings is 1. The first-order valence-corrected chi connectivity index (χ1v) is 6.37. The molecule has 100 valence electrons. The van der Waals surface area contributed by atoms with Gasteiger partial charge in [0.1, 0.15) is 5.82 Å². The third kappa shape index (κ3) is 3.18. The normalized spacial score (nSPS) is 12.1. The Morgan fingerprint density at radius 1 is 1.53 bits per heavy atom. The highest BCUT2D eigenvalue weighted by molar-refractivity contribution is 7.07. The van der Waals surface area contributed by atoms with Gasteiger partial charge in [-0.1, -0.05) is 0 Å². The molecule has 0 aliphatic carbocycles. The summed E-state index contributed by atoms with van der Waals surface area (Å²) in [4.78, 5) is 14.1. The molecule has 0 fully saturated rings. The van der Waals surface area contributed by atoms with E-state index in [-0.39, 0.29) is 23.9 Å². The van der Waals surface area contributed by atoms with Crippen molar-refractivity contribution in [3.05, 3.63) is 44.6 Å². The Hall–Kier alpha value is -2.19. The maximum atomic E-state index is 10.8. The lowest BCUT2D eigenvalue weighted by Gasteiger charge is -2.11. The average Bonchev–Trinajstić information content (AvgIpc) is 2.89. The SMILES string of the molecule is Nc1ccc([N+](=O)[O-])c(NCC(O)c2ccsc2)n1. The van der Waals surface area contributed by atoms with Gasteiger partial charge in [0.05, 0.1) is 11.0 Å². The number of aromatic nitrogens is 1. The van der Waals surface area contributed by atoms with Gasteiger partial charge in [0.15, 0.2) is 0 Å². The van der Waals surface area contributed by atoms with Crippen molar-refractivity contribution in [2.75, 3.05) is 17.6 Å². The van der Waals surface area contributed by atoms with Gasteiger partial charge in [-0.2, -0.15) is 11.3 Å². The molecule has 2 heterocycles. The van der Waals surface area contributed by atoms with Crippen LogP contribution in [0.5, 0.6) is 0 Å². The molecule has 0 aliphatic heterocycles. The molecule has 2 aromatic heterocycles. The Kier molecular flexibility index (Phi) is 3.93. The number of nitro groups is 1. The van der Waals surface area contributed by atoms with Crippen LogP contribution in [0.3, 0.4) is 0 Å². The Bertz CT molecular complexity index is 573. The summed E-state index contributed by atoms with van der Waals surface area (Å²) in [6, 6.07) is 4.43. The zero-order valence-corrected chi connectivity index (χ0v) is 10.6. The van der Waals surface area contributed by atoms with Crippen LogP contribution in [0, 0.1) is 10.1 Å².